The molecule has 9 heteroatoms. The van der Waals surface area contributed by atoms with Crippen LogP contribution in [-0.4, -0.2) is 34.7 Å². The number of thioether (sulfide) groups is 1. The van der Waals surface area contributed by atoms with Crippen molar-refractivity contribution in [1.29, 1.82) is 0 Å². The van der Waals surface area contributed by atoms with Gasteiger partial charge < -0.3 is 4.57 Å². The fourth-order valence-corrected chi connectivity index (χ4v) is 5.09. The monoisotopic (exact) mass is 505 g/mol. The summed E-state index contributed by atoms with van der Waals surface area (Å²) in [7, 11) is -3.57. The number of hydrogen-bond acceptors (Lipinski definition) is 6. The van der Waals surface area contributed by atoms with Crippen molar-refractivity contribution in [2.75, 3.05) is 5.75 Å². The molecule has 0 atom stereocenters. The number of aryl methyl sites for hydroxylation is 1. The molecule has 2 aromatic carbocycles. The Balaban J connectivity index is 1.77. The molecule has 3 aromatic rings. The van der Waals surface area contributed by atoms with Gasteiger partial charge in [-0.25, -0.2) is 8.42 Å². The number of ketones is 1. The molecule has 156 valence electrons. The van der Waals surface area contributed by atoms with E-state index in [1.54, 1.807) is 47.0 Å². The predicted molar refractivity (Wildman–Crippen MR) is 121 cm³/mol. The van der Waals surface area contributed by atoms with E-state index >= 15 is 0 Å². The van der Waals surface area contributed by atoms with Crippen LogP contribution in [0.15, 0.2) is 75.7 Å². The van der Waals surface area contributed by atoms with Crippen LogP contribution < -0.4 is 0 Å². The number of aromatic nitrogens is 3. The lowest BCUT2D eigenvalue weighted by Gasteiger charge is -2.09. The van der Waals surface area contributed by atoms with E-state index in [1.807, 2.05) is 19.1 Å². The molecule has 0 bridgehead atoms. The fourth-order valence-electron chi connectivity index (χ4n) is 2.69. The van der Waals surface area contributed by atoms with Crippen molar-refractivity contribution in [1.82, 2.24) is 14.8 Å². The summed E-state index contributed by atoms with van der Waals surface area (Å²) in [6, 6.07) is 13.8. The predicted octanol–water partition coefficient (Wildman–Crippen LogP) is 4.48. The molecule has 0 aliphatic carbocycles. The lowest BCUT2D eigenvalue weighted by atomic mass is 10.2. The maximum absolute atomic E-state index is 12.8. The minimum Gasteiger partial charge on any atom is -0.301 e. The van der Waals surface area contributed by atoms with Crippen LogP contribution in [0, 0.1) is 6.92 Å². The van der Waals surface area contributed by atoms with Crippen LogP contribution in [0.5, 0.6) is 0 Å². The highest BCUT2D eigenvalue weighted by Gasteiger charge is 2.22. The first-order valence-electron chi connectivity index (χ1n) is 9.04. The molecule has 0 saturated carbocycles. The Kier molecular flexibility index (Phi) is 7.27. The van der Waals surface area contributed by atoms with Crippen LogP contribution in [0.2, 0.25) is 0 Å². The Hall–Kier alpha value is -2.23. The van der Waals surface area contributed by atoms with E-state index in [1.165, 1.54) is 11.8 Å². The van der Waals surface area contributed by atoms with E-state index in [2.05, 4.69) is 32.7 Å². The Morgan fingerprint density at radius 3 is 2.43 bits per heavy atom. The van der Waals surface area contributed by atoms with Crippen molar-refractivity contribution in [2.45, 2.75) is 29.3 Å². The molecular formula is C21H20BrN3O3S2. The molecule has 0 amide bonds. The van der Waals surface area contributed by atoms with Gasteiger partial charge in [-0.3, -0.25) is 4.79 Å². The highest BCUT2D eigenvalue weighted by atomic mass is 79.9. The van der Waals surface area contributed by atoms with Gasteiger partial charge >= 0.3 is 0 Å². The SMILES string of the molecule is C=CCn1c(CS(=O)(=O)c2ccc(C)cc2)nnc1SCC(=O)c1ccc(Br)cc1. The summed E-state index contributed by atoms with van der Waals surface area (Å²) in [6.45, 7) is 5.97. The van der Waals surface area contributed by atoms with E-state index < -0.39 is 9.84 Å². The number of rotatable bonds is 9. The van der Waals surface area contributed by atoms with Crippen LogP contribution in [0.1, 0.15) is 21.7 Å². The van der Waals surface area contributed by atoms with E-state index in [0.717, 1.165) is 10.0 Å². The Morgan fingerprint density at radius 2 is 1.80 bits per heavy atom. The second kappa shape index (κ2) is 9.72. The largest absolute Gasteiger partial charge is 0.301 e. The molecule has 6 nitrogen and oxygen atoms in total. The lowest BCUT2D eigenvalue weighted by molar-refractivity contribution is 0.102. The zero-order chi connectivity index (χ0) is 21.7. The van der Waals surface area contributed by atoms with Crippen molar-refractivity contribution in [3.63, 3.8) is 0 Å². The summed E-state index contributed by atoms with van der Waals surface area (Å²) in [5.41, 5.74) is 1.58. The fraction of sp³-hybridized carbons (Fsp3) is 0.190. The molecule has 0 saturated heterocycles. The van der Waals surface area contributed by atoms with Gasteiger partial charge in [0.2, 0.25) is 0 Å². The number of halogens is 1. The van der Waals surface area contributed by atoms with Crippen LogP contribution in [-0.2, 0) is 22.1 Å². The third-order valence-electron chi connectivity index (χ3n) is 4.30. The van der Waals surface area contributed by atoms with Crippen molar-refractivity contribution in [2.24, 2.45) is 0 Å². The Labute approximate surface area is 188 Å². The maximum atomic E-state index is 12.8. The molecule has 0 N–H and O–H groups in total. The van der Waals surface area contributed by atoms with Gasteiger partial charge in [-0.15, -0.1) is 16.8 Å². The van der Waals surface area contributed by atoms with Crippen LogP contribution in [0.25, 0.3) is 0 Å². The molecule has 1 aromatic heterocycles. The average molecular weight is 506 g/mol. The number of hydrogen-bond donors (Lipinski definition) is 0. The quantitative estimate of drug-likeness (QED) is 0.242. The van der Waals surface area contributed by atoms with Crippen molar-refractivity contribution >= 4 is 43.3 Å². The molecule has 0 unspecified atom stereocenters. The first-order valence-corrected chi connectivity index (χ1v) is 12.5. The minimum absolute atomic E-state index is 0.0468. The van der Waals surface area contributed by atoms with Crippen LogP contribution in [0.4, 0.5) is 0 Å². The van der Waals surface area contributed by atoms with Crippen molar-refractivity contribution in [3.05, 3.63) is 82.6 Å². The molecule has 0 fully saturated rings. The maximum Gasteiger partial charge on any atom is 0.191 e. The normalized spacial score (nSPS) is 11.4. The average Bonchev–Trinajstić information content (AvgIpc) is 3.08. The van der Waals surface area contributed by atoms with Gasteiger partial charge in [0.05, 0.1) is 10.6 Å². The second-order valence-electron chi connectivity index (χ2n) is 6.59. The molecule has 1 heterocycles. The highest BCUT2D eigenvalue weighted by molar-refractivity contribution is 9.10. The summed E-state index contributed by atoms with van der Waals surface area (Å²) in [5.74, 6) is 0.156. The summed E-state index contributed by atoms with van der Waals surface area (Å²) < 4.78 is 28.1. The minimum atomic E-state index is -3.57. The summed E-state index contributed by atoms with van der Waals surface area (Å²) in [6.07, 6.45) is 1.64. The second-order valence-corrected chi connectivity index (χ2v) is 10.4. The van der Waals surface area contributed by atoms with Crippen molar-refractivity contribution < 1.29 is 13.2 Å². The summed E-state index contributed by atoms with van der Waals surface area (Å²) >= 11 is 4.57. The summed E-state index contributed by atoms with van der Waals surface area (Å²) in [4.78, 5) is 12.7. The third-order valence-corrected chi connectivity index (χ3v) is 7.43. The molecule has 0 spiro atoms. The number of allylic oxidation sites excluding steroid dienone is 1. The van der Waals surface area contributed by atoms with Gasteiger partial charge in [0.25, 0.3) is 0 Å². The molecule has 0 radical (unpaired) electrons. The van der Waals surface area contributed by atoms with E-state index in [-0.39, 0.29) is 22.2 Å². The zero-order valence-electron chi connectivity index (χ0n) is 16.3. The van der Waals surface area contributed by atoms with Crippen LogP contribution >= 0.6 is 27.7 Å². The van der Waals surface area contributed by atoms with Gasteiger partial charge in [0.15, 0.2) is 20.8 Å². The molecule has 30 heavy (non-hydrogen) atoms. The van der Waals surface area contributed by atoms with Gasteiger partial charge in [-0.1, -0.05) is 63.6 Å². The molecule has 3 rings (SSSR count). The zero-order valence-corrected chi connectivity index (χ0v) is 19.5. The lowest BCUT2D eigenvalue weighted by Crippen LogP contribution is -2.12. The number of benzene rings is 2. The smallest absolute Gasteiger partial charge is 0.191 e. The van der Waals surface area contributed by atoms with Gasteiger partial charge in [0, 0.05) is 16.6 Å². The number of carbonyl (C=O) groups is 1. The third kappa shape index (κ3) is 5.47. The van der Waals surface area contributed by atoms with E-state index in [9.17, 15) is 13.2 Å². The van der Waals surface area contributed by atoms with E-state index in [4.69, 9.17) is 0 Å². The first kappa shape index (κ1) is 22.5. The van der Waals surface area contributed by atoms with Gasteiger partial charge in [-0.05, 0) is 31.2 Å². The van der Waals surface area contributed by atoms with Crippen LogP contribution in [0.3, 0.4) is 0 Å². The first-order chi connectivity index (χ1) is 14.3. The van der Waals surface area contributed by atoms with Crippen molar-refractivity contribution in [3.8, 4) is 0 Å². The van der Waals surface area contributed by atoms with E-state index in [0.29, 0.717) is 23.1 Å². The highest BCUT2D eigenvalue weighted by Crippen LogP contribution is 2.22. The number of Topliss-reactive ketones (excluding diaryl/α,β-unsaturated/α-hetero) is 1. The van der Waals surface area contributed by atoms with Gasteiger partial charge in [0.1, 0.15) is 11.6 Å². The Bertz CT molecular complexity index is 1160. The molecule has 0 aliphatic heterocycles. The number of sulfone groups is 1. The van der Waals surface area contributed by atoms with Gasteiger partial charge in [-0.2, -0.15) is 0 Å². The summed E-state index contributed by atoms with van der Waals surface area (Å²) in [5, 5.41) is 8.66. The standard InChI is InChI=1S/C21H20BrN3O3S2/c1-3-12-25-20(14-30(27,28)18-10-4-15(2)5-11-18)23-24-21(25)29-13-19(26)16-6-8-17(22)9-7-16/h3-11H,1,12-14H2,2H3. The number of nitrogens with zero attached hydrogens (tertiary/aromatic N) is 3. The topological polar surface area (TPSA) is 81.9 Å². The molecular weight excluding hydrogens is 486 g/mol. The number of carbonyl (C=O) groups excluding carboxylic acids is 1. The molecule has 0 aliphatic rings. The Morgan fingerprint density at radius 1 is 1.13 bits per heavy atom.